The Hall–Kier alpha value is -3.35. The number of benzene rings is 2. The molecule has 0 spiro atoms. The molecule has 1 unspecified atom stereocenters. The molecule has 7 heteroatoms. The number of methoxy groups -OCH3 is 1. The molecular weight excluding hydrogens is 346 g/mol. The number of nitrogens with zero attached hydrogens (tertiary/aromatic N) is 1. The molecule has 140 valence electrons. The molecule has 2 aromatic rings. The van der Waals surface area contributed by atoms with Gasteiger partial charge >= 0.3 is 6.03 Å². The SMILES string of the molecule is CCC1(c2ccccc2)NC(=O)N(NC(=O)c2ccc(C)c(OC)c2)C1=O. The van der Waals surface area contributed by atoms with Gasteiger partial charge in [0, 0.05) is 5.56 Å². The predicted molar refractivity (Wildman–Crippen MR) is 99.0 cm³/mol. The molecule has 1 heterocycles. The topological polar surface area (TPSA) is 87.7 Å². The lowest BCUT2D eigenvalue weighted by atomic mass is 9.87. The number of aryl methyl sites for hydroxylation is 1. The summed E-state index contributed by atoms with van der Waals surface area (Å²) in [5, 5.41) is 3.46. The number of hydrogen-bond acceptors (Lipinski definition) is 4. The van der Waals surface area contributed by atoms with Crippen LogP contribution in [0.5, 0.6) is 5.75 Å². The Morgan fingerprint density at radius 3 is 2.52 bits per heavy atom. The van der Waals surface area contributed by atoms with E-state index < -0.39 is 23.4 Å². The van der Waals surface area contributed by atoms with E-state index in [4.69, 9.17) is 4.74 Å². The molecule has 1 aliphatic rings. The van der Waals surface area contributed by atoms with Crippen molar-refractivity contribution in [2.75, 3.05) is 7.11 Å². The van der Waals surface area contributed by atoms with Gasteiger partial charge < -0.3 is 10.1 Å². The number of ether oxygens (including phenoxy) is 1. The van der Waals surface area contributed by atoms with Crippen LogP contribution in [0.4, 0.5) is 4.79 Å². The fourth-order valence-corrected chi connectivity index (χ4v) is 3.17. The van der Waals surface area contributed by atoms with Crippen molar-refractivity contribution in [2.45, 2.75) is 25.8 Å². The summed E-state index contributed by atoms with van der Waals surface area (Å²) in [6, 6.07) is 13.2. The average Bonchev–Trinajstić information content (AvgIpc) is 2.94. The highest BCUT2D eigenvalue weighted by Gasteiger charge is 2.52. The van der Waals surface area contributed by atoms with E-state index in [0.717, 1.165) is 10.6 Å². The van der Waals surface area contributed by atoms with E-state index in [2.05, 4.69) is 10.7 Å². The van der Waals surface area contributed by atoms with Gasteiger partial charge in [0.05, 0.1) is 7.11 Å². The van der Waals surface area contributed by atoms with Gasteiger partial charge in [-0.2, -0.15) is 5.01 Å². The lowest BCUT2D eigenvalue weighted by Crippen LogP contribution is -2.48. The average molecular weight is 367 g/mol. The van der Waals surface area contributed by atoms with E-state index in [-0.39, 0.29) is 5.56 Å². The second-order valence-electron chi connectivity index (χ2n) is 6.32. The molecule has 0 aromatic heterocycles. The first-order chi connectivity index (χ1) is 12.9. The third-order valence-electron chi connectivity index (χ3n) is 4.77. The van der Waals surface area contributed by atoms with Crippen molar-refractivity contribution in [2.24, 2.45) is 0 Å². The van der Waals surface area contributed by atoms with Crippen LogP contribution in [-0.4, -0.2) is 30.0 Å². The van der Waals surface area contributed by atoms with E-state index in [0.29, 0.717) is 17.7 Å². The van der Waals surface area contributed by atoms with Gasteiger partial charge in [0.1, 0.15) is 11.3 Å². The van der Waals surface area contributed by atoms with Crippen LogP contribution in [-0.2, 0) is 10.3 Å². The minimum Gasteiger partial charge on any atom is -0.496 e. The van der Waals surface area contributed by atoms with Crippen LogP contribution in [0.1, 0.15) is 34.8 Å². The Balaban J connectivity index is 1.86. The maximum absolute atomic E-state index is 13.0. The Morgan fingerprint density at radius 2 is 1.89 bits per heavy atom. The molecule has 2 aromatic carbocycles. The van der Waals surface area contributed by atoms with Crippen molar-refractivity contribution >= 4 is 17.8 Å². The molecule has 1 aliphatic heterocycles. The van der Waals surface area contributed by atoms with Crippen LogP contribution in [0.25, 0.3) is 0 Å². The number of rotatable bonds is 5. The lowest BCUT2D eigenvalue weighted by Gasteiger charge is -2.25. The second kappa shape index (κ2) is 7.11. The van der Waals surface area contributed by atoms with Crippen LogP contribution in [0.2, 0.25) is 0 Å². The normalized spacial score (nSPS) is 19.0. The van der Waals surface area contributed by atoms with Gasteiger partial charge in [0.15, 0.2) is 0 Å². The number of urea groups is 1. The molecule has 4 amide bonds. The zero-order chi connectivity index (χ0) is 19.6. The van der Waals surface area contributed by atoms with Gasteiger partial charge in [0.25, 0.3) is 11.8 Å². The summed E-state index contributed by atoms with van der Waals surface area (Å²) in [5.74, 6) is -0.544. The van der Waals surface area contributed by atoms with Crippen molar-refractivity contribution in [1.29, 1.82) is 0 Å². The standard InChI is InChI=1S/C20H21N3O4/c1-4-20(15-8-6-5-7-9-15)18(25)23(19(26)21-20)22-17(24)14-11-10-13(2)16(12-14)27-3/h5-12H,4H2,1-3H3,(H,21,26)(H,22,24). The first kappa shape index (κ1) is 18.4. The van der Waals surface area contributed by atoms with Crippen LogP contribution >= 0.6 is 0 Å². The van der Waals surface area contributed by atoms with Gasteiger partial charge in [0.2, 0.25) is 0 Å². The van der Waals surface area contributed by atoms with Crippen molar-refractivity contribution in [1.82, 2.24) is 15.8 Å². The molecular formula is C20H21N3O4. The molecule has 1 fully saturated rings. The first-order valence-corrected chi connectivity index (χ1v) is 8.60. The number of carbonyl (C=O) groups excluding carboxylic acids is 3. The summed E-state index contributed by atoms with van der Waals surface area (Å²) in [7, 11) is 1.51. The molecule has 3 rings (SSSR count). The zero-order valence-electron chi connectivity index (χ0n) is 15.4. The second-order valence-corrected chi connectivity index (χ2v) is 6.32. The smallest absolute Gasteiger partial charge is 0.344 e. The third-order valence-corrected chi connectivity index (χ3v) is 4.77. The fraction of sp³-hybridized carbons (Fsp3) is 0.250. The van der Waals surface area contributed by atoms with Crippen molar-refractivity contribution < 1.29 is 19.1 Å². The highest BCUT2D eigenvalue weighted by Crippen LogP contribution is 2.31. The van der Waals surface area contributed by atoms with E-state index in [1.165, 1.54) is 7.11 Å². The predicted octanol–water partition coefficient (Wildman–Crippen LogP) is 2.51. The minimum absolute atomic E-state index is 0.284. The maximum Gasteiger partial charge on any atom is 0.344 e. The molecule has 27 heavy (non-hydrogen) atoms. The monoisotopic (exact) mass is 367 g/mol. The van der Waals surface area contributed by atoms with Gasteiger partial charge in [-0.15, -0.1) is 0 Å². The first-order valence-electron chi connectivity index (χ1n) is 8.60. The van der Waals surface area contributed by atoms with Gasteiger partial charge in [-0.1, -0.05) is 43.3 Å². The Bertz CT molecular complexity index is 897. The van der Waals surface area contributed by atoms with Crippen LogP contribution < -0.4 is 15.5 Å². The van der Waals surface area contributed by atoms with Gasteiger partial charge in [-0.05, 0) is 36.6 Å². The molecule has 7 nitrogen and oxygen atoms in total. The van der Waals surface area contributed by atoms with Gasteiger partial charge in [-0.3, -0.25) is 15.0 Å². The Morgan fingerprint density at radius 1 is 1.19 bits per heavy atom. The van der Waals surface area contributed by atoms with Crippen LogP contribution in [0, 0.1) is 6.92 Å². The van der Waals surface area contributed by atoms with Crippen molar-refractivity contribution in [3.63, 3.8) is 0 Å². The number of imide groups is 1. The zero-order valence-corrected chi connectivity index (χ0v) is 15.4. The summed E-state index contributed by atoms with van der Waals surface area (Å²) in [6.45, 7) is 3.66. The Kier molecular flexibility index (Phi) is 4.85. The van der Waals surface area contributed by atoms with Crippen LogP contribution in [0.3, 0.4) is 0 Å². The minimum atomic E-state index is -1.20. The summed E-state index contributed by atoms with van der Waals surface area (Å²) >= 11 is 0. The lowest BCUT2D eigenvalue weighted by molar-refractivity contribution is -0.133. The Labute approximate surface area is 157 Å². The van der Waals surface area contributed by atoms with E-state index in [1.54, 1.807) is 49.4 Å². The number of hydrogen-bond donors (Lipinski definition) is 2. The highest BCUT2D eigenvalue weighted by atomic mass is 16.5. The molecule has 1 atom stereocenters. The molecule has 0 radical (unpaired) electrons. The van der Waals surface area contributed by atoms with E-state index >= 15 is 0 Å². The number of hydrazine groups is 1. The van der Waals surface area contributed by atoms with Gasteiger partial charge in [-0.25, -0.2) is 4.79 Å². The number of amides is 4. The summed E-state index contributed by atoms with van der Waals surface area (Å²) < 4.78 is 5.22. The largest absolute Gasteiger partial charge is 0.496 e. The molecule has 0 bridgehead atoms. The number of carbonyl (C=O) groups is 3. The highest BCUT2D eigenvalue weighted by molar-refractivity contribution is 6.09. The maximum atomic E-state index is 13.0. The third kappa shape index (κ3) is 3.12. The van der Waals surface area contributed by atoms with Crippen molar-refractivity contribution in [3.8, 4) is 5.75 Å². The fourth-order valence-electron chi connectivity index (χ4n) is 3.17. The number of nitrogens with one attached hydrogen (secondary N) is 2. The van der Waals surface area contributed by atoms with Crippen molar-refractivity contribution in [3.05, 3.63) is 65.2 Å². The van der Waals surface area contributed by atoms with E-state index in [9.17, 15) is 14.4 Å². The summed E-state index contributed by atoms with van der Waals surface area (Å²) in [6.07, 6.45) is 0.353. The molecule has 0 saturated carbocycles. The van der Waals surface area contributed by atoms with E-state index in [1.807, 2.05) is 13.0 Å². The molecule has 0 aliphatic carbocycles. The molecule has 2 N–H and O–H groups in total. The quantitative estimate of drug-likeness (QED) is 0.795. The summed E-state index contributed by atoms with van der Waals surface area (Å²) in [4.78, 5) is 38.0. The van der Waals surface area contributed by atoms with Crippen LogP contribution in [0.15, 0.2) is 48.5 Å². The summed E-state index contributed by atoms with van der Waals surface area (Å²) in [5.41, 5.74) is 3.03. The molecule has 1 saturated heterocycles.